The molecule has 0 rings (SSSR count). The second kappa shape index (κ2) is 6.85. The van der Waals surface area contributed by atoms with Gasteiger partial charge in [-0.3, -0.25) is 0 Å². The van der Waals surface area contributed by atoms with Crippen molar-refractivity contribution in [2.24, 2.45) is 0 Å². The van der Waals surface area contributed by atoms with E-state index in [9.17, 15) is 4.79 Å². The molecule has 0 spiro atoms. The van der Waals surface area contributed by atoms with Crippen molar-refractivity contribution in [1.29, 1.82) is 0 Å². The van der Waals surface area contributed by atoms with Crippen LogP contribution >= 0.6 is 0 Å². The van der Waals surface area contributed by atoms with E-state index in [2.05, 4.69) is 6.58 Å². The smallest absolute Gasteiger partial charge is 0 e. The molecule has 6 heavy (non-hydrogen) atoms. The van der Waals surface area contributed by atoms with E-state index < -0.39 is 0 Å². The summed E-state index contributed by atoms with van der Waals surface area (Å²) < 4.78 is 0.109. The van der Waals surface area contributed by atoms with Gasteiger partial charge in [-0.15, -0.1) is 0 Å². The summed E-state index contributed by atoms with van der Waals surface area (Å²) in [7, 11) is 0. The minimum Gasteiger partial charge on any atom is 0 e. The summed E-state index contributed by atoms with van der Waals surface area (Å²) in [6, 6.07) is 0. The maximum absolute atomic E-state index is 9.73. The molecule has 0 unspecified atom stereocenters. The van der Waals surface area contributed by atoms with Crippen LogP contribution in [0, 0.1) is 0 Å². The summed E-state index contributed by atoms with van der Waals surface area (Å²) in [5.41, 5.74) is 0. The van der Waals surface area contributed by atoms with Gasteiger partial charge in [-0.2, -0.15) is 0 Å². The summed E-state index contributed by atoms with van der Waals surface area (Å²) >= 11 is 0.913. The van der Waals surface area contributed by atoms with Gasteiger partial charge in [-0.25, -0.2) is 0 Å². The van der Waals surface area contributed by atoms with Crippen LogP contribution in [0.1, 0.15) is 0 Å². The molecule has 1 nitrogen and oxygen atoms in total. The van der Waals surface area contributed by atoms with Gasteiger partial charge in [0.15, 0.2) is 0 Å². The van der Waals surface area contributed by atoms with Crippen LogP contribution in [0.2, 0.25) is 0 Å². The molecular formula is C3H3KOSn. The predicted molar refractivity (Wildman–Crippen MR) is 26.7 cm³/mol. The molecule has 0 aliphatic rings. The van der Waals surface area contributed by atoms with E-state index in [1.165, 1.54) is 6.08 Å². The first-order valence-electron chi connectivity index (χ1n) is 1.15. The molecule has 0 saturated heterocycles. The van der Waals surface area contributed by atoms with Gasteiger partial charge in [0, 0.05) is 51.4 Å². The molecule has 3 heteroatoms. The maximum atomic E-state index is 9.73. The Hall–Kier alpha value is 1.85. The van der Waals surface area contributed by atoms with E-state index in [0.29, 0.717) is 0 Å². The topological polar surface area (TPSA) is 17.1 Å². The van der Waals surface area contributed by atoms with Crippen molar-refractivity contribution < 1.29 is 4.79 Å². The van der Waals surface area contributed by atoms with E-state index in [-0.39, 0.29) is 55.2 Å². The number of carbonyl (C=O) groups excluding carboxylic acids is 1. The third kappa shape index (κ3) is 9.28. The van der Waals surface area contributed by atoms with Gasteiger partial charge < -0.3 is 0 Å². The molecule has 0 amide bonds. The average molecular weight is 213 g/mol. The summed E-state index contributed by atoms with van der Waals surface area (Å²) in [5.74, 6) is 0. The molecule has 0 bridgehead atoms. The van der Waals surface area contributed by atoms with Crippen LogP contribution in [0.15, 0.2) is 12.7 Å². The summed E-state index contributed by atoms with van der Waals surface area (Å²) in [5, 5.41) is 0. The summed E-state index contributed by atoms with van der Waals surface area (Å²) in [6.07, 6.45) is 1.32. The van der Waals surface area contributed by atoms with Crippen LogP contribution in [0.25, 0.3) is 0 Å². The Bertz CT molecular complexity index is 61.8. The van der Waals surface area contributed by atoms with Gasteiger partial charge in [0.1, 0.15) is 0 Å². The zero-order valence-electron chi connectivity index (χ0n) is 3.69. The molecule has 0 saturated carbocycles. The molecule has 0 heterocycles. The second-order valence-electron chi connectivity index (χ2n) is 0.568. The molecular weight excluding hydrogens is 210 g/mol. The third-order valence-corrected chi connectivity index (χ3v) is 0.768. The van der Waals surface area contributed by atoms with E-state index in [0.717, 1.165) is 22.5 Å². The Kier molecular flexibility index (Phi) is 12.3. The van der Waals surface area contributed by atoms with Gasteiger partial charge >= 0.3 is 43.8 Å². The van der Waals surface area contributed by atoms with Crippen LogP contribution in [-0.4, -0.2) is 77.7 Å². The van der Waals surface area contributed by atoms with Crippen LogP contribution in [0.4, 0.5) is 0 Å². The van der Waals surface area contributed by atoms with Gasteiger partial charge in [-0.05, 0) is 0 Å². The van der Waals surface area contributed by atoms with Crippen LogP contribution in [0.3, 0.4) is 0 Å². The van der Waals surface area contributed by atoms with Crippen LogP contribution in [-0.2, 0) is 4.79 Å². The van der Waals surface area contributed by atoms with Crippen molar-refractivity contribution in [2.75, 3.05) is 0 Å². The molecule has 0 N–H and O–H groups in total. The van der Waals surface area contributed by atoms with Gasteiger partial charge in [0.2, 0.25) is 0 Å². The minimum absolute atomic E-state index is 0. The van der Waals surface area contributed by atoms with E-state index in [4.69, 9.17) is 0 Å². The first-order valence-corrected chi connectivity index (χ1v) is 2.58. The van der Waals surface area contributed by atoms with Gasteiger partial charge in [0.25, 0.3) is 0 Å². The normalized spacial score (nSPS) is 5.50. The Morgan fingerprint density at radius 3 is 2.00 bits per heavy atom. The Morgan fingerprint density at radius 2 is 2.00 bits per heavy atom. The number of carbonyl (C=O) groups is 1. The van der Waals surface area contributed by atoms with Crippen molar-refractivity contribution in [3.63, 3.8) is 0 Å². The predicted octanol–water partition coefficient (Wildman–Crippen LogP) is -0.513. The molecule has 26 valence electrons. The molecule has 0 aromatic carbocycles. The fourth-order valence-electron chi connectivity index (χ4n) is 0. The van der Waals surface area contributed by atoms with Crippen LogP contribution in [0.5, 0.6) is 0 Å². The SMILES string of the molecule is C=C[C](=O)[Sn].[K]. The fraction of sp³-hybridized carbons (Fsp3) is 0. The number of rotatable bonds is 1. The number of hydrogen-bond acceptors (Lipinski definition) is 1. The van der Waals surface area contributed by atoms with E-state index in [1.54, 1.807) is 0 Å². The molecule has 0 atom stereocenters. The van der Waals surface area contributed by atoms with Crippen molar-refractivity contribution >= 4 is 77.7 Å². The van der Waals surface area contributed by atoms with E-state index >= 15 is 0 Å². The maximum Gasteiger partial charge on any atom is 0 e. The number of hydrogen-bond donors (Lipinski definition) is 0. The average Bonchev–Trinajstić information content (AvgIpc) is 1.38. The van der Waals surface area contributed by atoms with Crippen molar-refractivity contribution in [3.05, 3.63) is 12.7 Å². The molecule has 0 aliphatic carbocycles. The molecule has 0 aliphatic heterocycles. The van der Waals surface area contributed by atoms with Crippen molar-refractivity contribution in [3.8, 4) is 0 Å². The summed E-state index contributed by atoms with van der Waals surface area (Å²) in [4.78, 5) is 9.73. The van der Waals surface area contributed by atoms with E-state index in [1.807, 2.05) is 0 Å². The third-order valence-electron chi connectivity index (χ3n) is 0.185. The fourth-order valence-corrected chi connectivity index (χ4v) is 0. The molecule has 0 fully saturated rings. The minimum atomic E-state index is 0. The Labute approximate surface area is 93.1 Å². The number of allylic oxidation sites excluding steroid dienone is 1. The van der Waals surface area contributed by atoms with Gasteiger partial charge in [0.05, 0.1) is 0 Å². The largest absolute Gasteiger partial charge is 0 e. The van der Waals surface area contributed by atoms with Crippen molar-refractivity contribution in [1.82, 2.24) is 0 Å². The monoisotopic (exact) mass is 214 g/mol. The standard InChI is InChI=1S/C3H3O.K.Sn/c1-2-3-4;;/h2H,1H2;;. The van der Waals surface area contributed by atoms with Crippen molar-refractivity contribution in [2.45, 2.75) is 0 Å². The molecule has 0 aromatic heterocycles. The zero-order valence-corrected chi connectivity index (χ0v) is 9.67. The Morgan fingerprint density at radius 1 is 1.83 bits per heavy atom. The Balaban J connectivity index is 0. The first-order chi connectivity index (χ1) is 2.27. The van der Waals surface area contributed by atoms with Crippen LogP contribution < -0.4 is 0 Å². The molecule has 4 radical (unpaired) electrons. The zero-order chi connectivity index (χ0) is 4.28. The summed E-state index contributed by atoms with van der Waals surface area (Å²) in [6.45, 7) is 3.23. The first kappa shape index (κ1) is 10.8. The quantitative estimate of drug-likeness (QED) is 0.423. The molecule has 0 aromatic rings. The van der Waals surface area contributed by atoms with Gasteiger partial charge in [-0.1, -0.05) is 0 Å². The second-order valence-corrected chi connectivity index (χ2v) is 1.97.